The lowest BCUT2D eigenvalue weighted by molar-refractivity contribution is 1.03. The minimum atomic E-state index is 1.31. The van der Waals surface area contributed by atoms with Gasteiger partial charge in [-0.15, -0.1) is 0 Å². The molecule has 2 rings (SSSR count). The van der Waals surface area contributed by atoms with Crippen LogP contribution in [0.1, 0.15) is 22.3 Å². The number of aryl methyl sites for hydroxylation is 4. The van der Waals surface area contributed by atoms with E-state index in [-0.39, 0.29) is 0 Å². The fraction of sp³-hybridized carbons (Fsp3) is 0.286. The molecular weight excluding hydrogens is 182 g/mol. The predicted octanol–water partition coefficient (Wildman–Crippen LogP) is 3.71. The molecule has 0 saturated carbocycles. The maximum Gasteiger partial charge on any atom is 0.0507 e. The van der Waals surface area contributed by atoms with Crippen LogP contribution in [0.15, 0.2) is 30.6 Å². The van der Waals surface area contributed by atoms with Gasteiger partial charge in [-0.3, -0.25) is 0 Å². The third kappa shape index (κ3) is 1.70. The Morgan fingerprint density at radius 1 is 0.733 bits per heavy atom. The highest BCUT2D eigenvalue weighted by Gasteiger charge is 2.05. The number of hydrogen-bond donors (Lipinski definition) is 0. The standard InChI is InChI=1S/C14H17N/c1-10-6-5-7-11(2)14(10)15-8-12(3)13(4)9-15/h5-9H,1-4H3. The zero-order chi connectivity index (χ0) is 11.0. The Kier molecular flexibility index (Phi) is 2.39. The van der Waals surface area contributed by atoms with Gasteiger partial charge in [-0.1, -0.05) is 18.2 Å². The Bertz CT molecular complexity index is 452. The summed E-state index contributed by atoms with van der Waals surface area (Å²) in [5.41, 5.74) is 6.65. The minimum absolute atomic E-state index is 1.31. The summed E-state index contributed by atoms with van der Waals surface area (Å²) in [6.07, 6.45) is 4.40. The van der Waals surface area contributed by atoms with Gasteiger partial charge in [-0.2, -0.15) is 0 Å². The number of para-hydroxylation sites is 1. The lowest BCUT2D eigenvalue weighted by Gasteiger charge is -2.10. The molecule has 0 aliphatic rings. The van der Waals surface area contributed by atoms with E-state index in [1.54, 1.807) is 0 Å². The molecule has 1 aromatic heterocycles. The average Bonchev–Trinajstić information content (AvgIpc) is 2.46. The van der Waals surface area contributed by atoms with Crippen molar-refractivity contribution in [1.82, 2.24) is 4.57 Å². The Hall–Kier alpha value is -1.50. The van der Waals surface area contributed by atoms with E-state index < -0.39 is 0 Å². The third-order valence-electron chi connectivity index (χ3n) is 2.99. The first-order valence-corrected chi connectivity index (χ1v) is 5.31. The molecule has 0 aliphatic carbocycles. The Morgan fingerprint density at radius 3 is 1.67 bits per heavy atom. The first-order valence-electron chi connectivity index (χ1n) is 5.31. The molecule has 0 atom stereocenters. The summed E-state index contributed by atoms with van der Waals surface area (Å²) in [6, 6.07) is 6.43. The fourth-order valence-electron chi connectivity index (χ4n) is 2.00. The summed E-state index contributed by atoms with van der Waals surface area (Å²) in [5.74, 6) is 0. The fourth-order valence-corrected chi connectivity index (χ4v) is 2.00. The molecule has 1 nitrogen and oxygen atoms in total. The molecule has 0 aliphatic heterocycles. The van der Waals surface area contributed by atoms with Crippen LogP contribution in [-0.4, -0.2) is 4.57 Å². The quantitative estimate of drug-likeness (QED) is 0.659. The first kappa shape index (κ1) is 10.0. The van der Waals surface area contributed by atoms with E-state index >= 15 is 0 Å². The molecular formula is C14H17N. The van der Waals surface area contributed by atoms with Crippen LogP contribution in [0, 0.1) is 27.7 Å². The molecule has 78 valence electrons. The van der Waals surface area contributed by atoms with Gasteiger partial charge in [0.25, 0.3) is 0 Å². The molecule has 1 aromatic carbocycles. The molecule has 0 amide bonds. The number of hydrogen-bond acceptors (Lipinski definition) is 0. The SMILES string of the molecule is Cc1cn(-c2c(C)cccc2C)cc1C. The average molecular weight is 199 g/mol. The van der Waals surface area contributed by atoms with Crippen molar-refractivity contribution in [3.05, 3.63) is 52.8 Å². The van der Waals surface area contributed by atoms with Gasteiger partial charge in [-0.25, -0.2) is 0 Å². The van der Waals surface area contributed by atoms with Crippen LogP contribution in [0.25, 0.3) is 5.69 Å². The second-order valence-corrected chi connectivity index (χ2v) is 4.27. The van der Waals surface area contributed by atoms with Gasteiger partial charge >= 0.3 is 0 Å². The van der Waals surface area contributed by atoms with Crippen molar-refractivity contribution in [2.24, 2.45) is 0 Å². The van der Waals surface area contributed by atoms with Crippen LogP contribution in [0.4, 0.5) is 0 Å². The molecule has 15 heavy (non-hydrogen) atoms. The van der Waals surface area contributed by atoms with E-state index in [4.69, 9.17) is 0 Å². The molecule has 0 unspecified atom stereocenters. The van der Waals surface area contributed by atoms with Crippen LogP contribution in [0.3, 0.4) is 0 Å². The highest BCUT2D eigenvalue weighted by atomic mass is 15.0. The monoisotopic (exact) mass is 199 g/mol. The van der Waals surface area contributed by atoms with Crippen molar-refractivity contribution in [2.75, 3.05) is 0 Å². The topological polar surface area (TPSA) is 4.93 Å². The normalized spacial score (nSPS) is 10.7. The van der Waals surface area contributed by atoms with Gasteiger partial charge in [0.15, 0.2) is 0 Å². The number of benzene rings is 1. The van der Waals surface area contributed by atoms with Crippen molar-refractivity contribution >= 4 is 0 Å². The Morgan fingerprint density at radius 2 is 1.20 bits per heavy atom. The molecule has 1 heteroatoms. The van der Waals surface area contributed by atoms with Crippen LogP contribution in [0.5, 0.6) is 0 Å². The summed E-state index contributed by atoms with van der Waals surface area (Å²) in [5, 5.41) is 0. The summed E-state index contributed by atoms with van der Waals surface area (Å²) < 4.78 is 2.23. The van der Waals surface area contributed by atoms with E-state index in [2.05, 4.69) is 62.9 Å². The molecule has 0 fully saturated rings. The van der Waals surface area contributed by atoms with E-state index in [1.807, 2.05) is 0 Å². The number of rotatable bonds is 1. The largest absolute Gasteiger partial charge is 0.323 e. The van der Waals surface area contributed by atoms with Crippen LogP contribution in [-0.2, 0) is 0 Å². The van der Waals surface area contributed by atoms with E-state index in [1.165, 1.54) is 27.9 Å². The number of nitrogens with zero attached hydrogens (tertiary/aromatic N) is 1. The van der Waals surface area contributed by atoms with Gasteiger partial charge in [0.2, 0.25) is 0 Å². The van der Waals surface area contributed by atoms with Crippen molar-refractivity contribution in [3.63, 3.8) is 0 Å². The lowest BCUT2D eigenvalue weighted by atomic mass is 10.1. The van der Waals surface area contributed by atoms with Crippen molar-refractivity contribution < 1.29 is 0 Å². The molecule has 0 bridgehead atoms. The molecule has 2 aromatic rings. The molecule has 0 saturated heterocycles. The highest BCUT2D eigenvalue weighted by Crippen LogP contribution is 2.21. The van der Waals surface area contributed by atoms with Crippen LogP contribution in [0.2, 0.25) is 0 Å². The Balaban J connectivity index is 2.63. The summed E-state index contributed by atoms with van der Waals surface area (Å²) in [6.45, 7) is 8.62. The predicted molar refractivity (Wildman–Crippen MR) is 64.7 cm³/mol. The van der Waals surface area contributed by atoms with E-state index in [0.29, 0.717) is 0 Å². The van der Waals surface area contributed by atoms with Crippen molar-refractivity contribution in [2.45, 2.75) is 27.7 Å². The molecule has 0 N–H and O–H groups in total. The smallest absolute Gasteiger partial charge is 0.0507 e. The maximum absolute atomic E-state index is 2.23. The molecule has 0 radical (unpaired) electrons. The first-order chi connectivity index (χ1) is 7.09. The zero-order valence-corrected chi connectivity index (χ0v) is 9.83. The lowest BCUT2D eigenvalue weighted by Crippen LogP contribution is -1.96. The molecule has 0 spiro atoms. The van der Waals surface area contributed by atoms with Crippen molar-refractivity contribution in [1.29, 1.82) is 0 Å². The van der Waals surface area contributed by atoms with Gasteiger partial charge < -0.3 is 4.57 Å². The van der Waals surface area contributed by atoms with Crippen LogP contribution < -0.4 is 0 Å². The molecule has 1 heterocycles. The zero-order valence-electron chi connectivity index (χ0n) is 9.83. The van der Waals surface area contributed by atoms with E-state index in [0.717, 1.165) is 0 Å². The number of aromatic nitrogens is 1. The van der Waals surface area contributed by atoms with E-state index in [9.17, 15) is 0 Å². The van der Waals surface area contributed by atoms with Gasteiger partial charge in [-0.05, 0) is 49.9 Å². The minimum Gasteiger partial charge on any atom is -0.323 e. The second-order valence-electron chi connectivity index (χ2n) is 4.27. The maximum atomic E-state index is 2.23. The summed E-state index contributed by atoms with van der Waals surface area (Å²) in [7, 11) is 0. The van der Waals surface area contributed by atoms with Gasteiger partial charge in [0.1, 0.15) is 0 Å². The Labute approximate surface area is 91.4 Å². The summed E-state index contributed by atoms with van der Waals surface area (Å²) >= 11 is 0. The van der Waals surface area contributed by atoms with Crippen molar-refractivity contribution in [3.8, 4) is 5.69 Å². The third-order valence-corrected chi connectivity index (χ3v) is 2.99. The van der Waals surface area contributed by atoms with Gasteiger partial charge in [0, 0.05) is 12.4 Å². The van der Waals surface area contributed by atoms with Crippen LogP contribution >= 0.6 is 0 Å². The summed E-state index contributed by atoms with van der Waals surface area (Å²) in [4.78, 5) is 0. The second kappa shape index (κ2) is 3.58. The highest BCUT2D eigenvalue weighted by molar-refractivity contribution is 5.48. The van der Waals surface area contributed by atoms with Gasteiger partial charge in [0.05, 0.1) is 5.69 Å².